The highest BCUT2D eigenvalue weighted by molar-refractivity contribution is 6.19. The van der Waals surface area contributed by atoms with Crippen molar-refractivity contribution in [3.05, 3.63) is 35.8 Å². The van der Waals surface area contributed by atoms with Gasteiger partial charge in [-0.25, -0.2) is 9.18 Å². The first-order valence-corrected chi connectivity index (χ1v) is 7.68. The molecule has 1 aromatic heterocycles. The summed E-state index contributed by atoms with van der Waals surface area (Å²) in [6.07, 6.45) is 2.31. The molecule has 1 atom stereocenters. The first-order chi connectivity index (χ1) is 11.9. The quantitative estimate of drug-likeness (QED) is 0.924. The van der Waals surface area contributed by atoms with Gasteiger partial charge in [0.25, 0.3) is 5.91 Å². The minimum absolute atomic E-state index is 0.154. The van der Waals surface area contributed by atoms with Crippen molar-refractivity contribution in [3.8, 4) is 6.07 Å². The average molecular weight is 341 g/mol. The molecule has 2 heterocycles. The number of benzene rings is 1. The van der Waals surface area contributed by atoms with Gasteiger partial charge in [0.15, 0.2) is 5.92 Å². The van der Waals surface area contributed by atoms with Crippen LogP contribution in [0.25, 0.3) is 10.9 Å². The van der Waals surface area contributed by atoms with Crippen molar-refractivity contribution < 1.29 is 14.0 Å². The zero-order valence-electron chi connectivity index (χ0n) is 13.8. The highest BCUT2D eigenvalue weighted by Gasteiger charge is 2.40. The average Bonchev–Trinajstić information content (AvgIpc) is 2.99. The number of imide groups is 1. The summed E-state index contributed by atoms with van der Waals surface area (Å²) in [5.74, 6) is -1.83. The van der Waals surface area contributed by atoms with Crippen molar-refractivity contribution in [1.82, 2.24) is 14.8 Å². The van der Waals surface area contributed by atoms with Gasteiger partial charge in [-0.2, -0.15) is 5.26 Å². The van der Waals surface area contributed by atoms with E-state index in [2.05, 4.69) is 9.98 Å². The van der Waals surface area contributed by atoms with Gasteiger partial charge in [0.2, 0.25) is 0 Å². The molecule has 1 saturated heterocycles. The SMILES string of the molecule is CN1C(=O)C(C#N)C(=NCCc2c[nH]c3cc(F)ccc23)N(C)C1=O. The van der Waals surface area contributed by atoms with Crippen LogP contribution in [0.4, 0.5) is 9.18 Å². The number of hydrogen-bond donors (Lipinski definition) is 1. The molecular weight excluding hydrogens is 325 g/mol. The third-order valence-corrected chi connectivity index (χ3v) is 4.27. The second-order valence-corrected chi connectivity index (χ2v) is 5.79. The van der Waals surface area contributed by atoms with Gasteiger partial charge < -0.3 is 4.98 Å². The van der Waals surface area contributed by atoms with Crippen LogP contribution in [-0.2, 0) is 11.2 Å². The maximum atomic E-state index is 13.2. The number of aromatic amines is 1. The molecule has 0 bridgehead atoms. The van der Waals surface area contributed by atoms with Crippen LogP contribution in [-0.4, -0.2) is 53.2 Å². The van der Waals surface area contributed by atoms with Gasteiger partial charge in [0.05, 0.1) is 6.07 Å². The molecule has 1 aliphatic heterocycles. The fourth-order valence-electron chi connectivity index (χ4n) is 2.88. The summed E-state index contributed by atoms with van der Waals surface area (Å²) < 4.78 is 13.2. The number of hydrogen-bond acceptors (Lipinski definition) is 4. The molecule has 3 rings (SSSR count). The maximum absolute atomic E-state index is 13.2. The third kappa shape index (κ3) is 2.85. The maximum Gasteiger partial charge on any atom is 0.331 e. The van der Waals surface area contributed by atoms with E-state index in [0.29, 0.717) is 18.5 Å². The van der Waals surface area contributed by atoms with Gasteiger partial charge in [0.1, 0.15) is 11.7 Å². The second kappa shape index (κ2) is 6.36. The van der Waals surface area contributed by atoms with E-state index in [1.54, 1.807) is 12.3 Å². The summed E-state index contributed by atoms with van der Waals surface area (Å²) in [7, 11) is 2.83. The largest absolute Gasteiger partial charge is 0.361 e. The van der Waals surface area contributed by atoms with Crippen LogP contribution in [0.5, 0.6) is 0 Å². The third-order valence-electron chi connectivity index (χ3n) is 4.27. The molecule has 1 N–H and O–H groups in total. The zero-order valence-corrected chi connectivity index (χ0v) is 13.8. The summed E-state index contributed by atoms with van der Waals surface area (Å²) in [5.41, 5.74) is 1.64. The van der Waals surface area contributed by atoms with Crippen molar-refractivity contribution in [2.24, 2.45) is 10.9 Å². The fraction of sp³-hybridized carbons (Fsp3) is 0.294. The van der Waals surface area contributed by atoms with Crippen LogP contribution < -0.4 is 0 Å². The Labute approximate surface area is 143 Å². The Kier molecular flexibility index (Phi) is 4.23. The topological polar surface area (TPSA) is 92.6 Å². The minimum atomic E-state index is -1.09. The number of H-pyrrole nitrogens is 1. The molecule has 0 saturated carbocycles. The number of nitrogens with one attached hydrogen (secondary N) is 1. The summed E-state index contributed by atoms with van der Waals surface area (Å²) in [6, 6.07) is 5.88. The molecule has 8 heteroatoms. The first-order valence-electron chi connectivity index (χ1n) is 7.68. The summed E-state index contributed by atoms with van der Waals surface area (Å²) >= 11 is 0. The van der Waals surface area contributed by atoms with Crippen molar-refractivity contribution in [1.29, 1.82) is 5.26 Å². The molecule has 1 aliphatic rings. The Morgan fingerprint density at radius 3 is 2.80 bits per heavy atom. The van der Waals surface area contributed by atoms with Crippen molar-refractivity contribution in [2.45, 2.75) is 6.42 Å². The van der Waals surface area contributed by atoms with Crippen LogP contribution in [0, 0.1) is 23.1 Å². The van der Waals surface area contributed by atoms with Crippen LogP contribution in [0.3, 0.4) is 0 Å². The molecule has 0 spiro atoms. The van der Waals surface area contributed by atoms with E-state index in [4.69, 9.17) is 0 Å². The molecule has 0 aliphatic carbocycles. The van der Waals surface area contributed by atoms with E-state index in [0.717, 1.165) is 15.8 Å². The molecule has 2 aromatic rings. The number of amides is 3. The molecule has 0 radical (unpaired) electrons. The predicted molar refractivity (Wildman–Crippen MR) is 89.3 cm³/mol. The summed E-state index contributed by atoms with van der Waals surface area (Å²) in [6.45, 7) is 0.298. The highest BCUT2D eigenvalue weighted by Crippen LogP contribution is 2.20. The minimum Gasteiger partial charge on any atom is -0.361 e. The number of carbonyl (C=O) groups excluding carboxylic acids is 2. The lowest BCUT2D eigenvalue weighted by Crippen LogP contribution is -2.56. The van der Waals surface area contributed by atoms with Crippen molar-refractivity contribution >= 4 is 28.7 Å². The number of halogens is 1. The molecule has 25 heavy (non-hydrogen) atoms. The van der Waals surface area contributed by atoms with Gasteiger partial charge >= 0.3 is 6.03 Å². The monoisotopic (exact) mass is 341 g/mol. The number of urea groups is 1. The van der Waals surface area contributed by atoms with E-state index >= 15 is 0 Å². The zero-order chi connectivity index (χ0) is 18.1. The Bertz CT molecular complexity index is 927. The van der Waals surface area contributed by atoms with Gasteiger partial charge in [-0.3, -0.25) is 19.6 Å². The smallest absolute Gasteiger partial charge is 0.331 e. The summed E-state index contributed by atoms with van der Waals surface area (Å²) in [5, 5.41) is 10.1. The molecule has 7 nitrogen and oxygen atoms in total. The molecule has 3 amide bonds. The van der Waals surface area contributed by atoms with E-state index in [1.807, 2.05) is 6.07 Å². The Hall–Kier alpha value is -3.21. The fourth-order valence-corrected chi connectivity index (χ4v) is 2.88. The van der Waals surface area contributed by atoms with Crippen molar-refractivity contribution in [2.75, 3.05) is 20.6 Å². The van der Waals surface area contributed by atoms with Crippen molar-refractivity contribution in [3.63, 3.8) is 0 Å². The van der Waals surface area contributed by atoms with Gasteiger partial charge in [0, 0.05) is 37.7 Å². The number of rotatable bonds is 3. The predicted octanol–water partition coefficient (Wildman–Crippen LogP) is 1.91. The van der Waals surface area contributed by atoms with E-state index in [-0.39, 0.29) is 11.7 Å². The number of nitrogens with zero attached hydrogens (tertiary/aromatic N) is 4. The normalized spacial score (nSPS) is 19.8. The van der Waals surface area contributed by atoms with Crippen LogP contribution in [0.15, 0.2) is 29.4 Å². The Balaban J connectivity index is 1.81. The molecular formula is C17H16FN5O2. The Morgan fingerprint density at radius 1 is 1.32 bits per heavy atom. The molecule has 1 aromatic carbocycles. The van der Waals surface area contributed by atoms with E-state index < -0.39 is 17.9 Å². The van der Waals surface area contributed by atoms with E-state index in [1.165, 1.54) is 31.1 Å². The standard InChI is InChI=1S/C17H16FN5O2/c1-22-15(13(8-19)16(24)23(2)17(22)25)20-6-5-10-9-21-14-7-11(18)3-4-12(10)14/h3-4,7,9,13,21H,5-6H2,1-2H3. The lowest BCUT2D eigenvalue weighted by atomic mass is 10.1. The second-order valence-electron chi connectivity index (χ2n) is 5.79. The molecule has 1 fully saturated rings. The van der Waals surface area contributed by atoms with E-state index in [9.17, 15) is 19.2 Å². The highest BCUT2D eigenvalue weighted by atomic mass is 19.1. The lowest BCUT2D eigenvalue weighted by Gasteiger charge is -2.32. The number of aromatic nitrogens is 1. The van der Waals surface area contributed by atoms with Gasteiger partial charge in [-0.05, 0) is 30.2 Å². The number of nitriles is 1. The number of fused-ring (bicyclic) bond motifs is 1. The number of aliphatic imine (C=N–C) groups is 1. The van der Waals surface area contributed by atoms with Crippen LogP contribution in [0.1, 0.15) is 5.56 Å². The number of carbonyl (C=O) groups is 2. The summed E-state index contributed by atoms with van der Waals surface area (Å²) in [4.78, 5) is 33.5. The Morgan fingerprint density at radius 2 is 2.08 bits per heavy atom. The molecule has 128 valence electrons. The van der Waals surface area contributed by atoms with Gasteiger partial charge in [-0.15, -0.1) is 0 Å². The number of amidine groups is 1. The first kappa shape index (κ1) is 16.6. The van der Waals surface area contributed by atoms with Gasteiger partial charge in [-0.1, -0.05) is 0 Å². The lowest BCUT2D eigenvalue weighted by molar-refractivity contribution is -0.129. The van der Waals surface area contributed by atoms with Crippen LogP contribution >= 0.6 is 0 Å². The van der Waals surface area contributed by atoms with Crippen LogP contribution in [0.2, 0.25) is 0 Å². The molecule has 1 unspecified atom stereocenters.